The molecule has 0 bridgehead atoms. The first kappa shape index (κ1) is 21.6. The molecule has 9 heteroatoms. The van der Waals surface area contributed by atoms with Crippen LogP contribution in [0.25, 0.3) is 11.1 Å². The lowest BCUT2D eigenvalue weighted by Crippen LogP contribution is -2.23. The number of halogens is 1. The Balaban J connectivity index is 1.96. The van der Waals surface area contributed by atoms with Crippen molar-refractivity contribution < 1.29 is 33.3 Å². The molecule has 32 heavy (non-hydrogen) atoms. The SMILES string of the molecule is COc1ccc([C@H]2CC(=O)Nc3c2sc(C(=O)O)c3-c2ccc(F)cc2)c(OC)c1OC. The van der Waals surface area contributed by atoms with Gasteiger partial charge in [0.15, 0.2) is 11.5 Å². The fourth-order valence-corrected chi connectivity index (χ4v) is 5.22. The number of ether oxygens (including phenoxy) is 3. The van der Waals surface area contributed by atoms with E-state index in [-0.39, 0.29) is 17.2 Å². The summed E-state index contributed by atoms with van der Waals surface area (Å²) in [5, 5.41) is 12.7. The number of hydrogen-bond donors (Lipinski definition) is 2. The molecule has 1 amide bonds. The number of thiophene rings is 1. The largest absolute Gasteiger partial charge is 0.493 e. The smallest absolute Gasteiger partial charge is 0.346 e. The van der Waals surface area contributed by atoms with Gasteiger partial charge < -0.3 is 24.6 Å². The molecule has 0 saturated carbocycles. The molecule has 0 fully saturated rings. The zero-order chi connectivity index (χ0) is 23.0. The van der Waals surface area contributed by atoms with Gasteiger partial charge in [-0.1, -0.05) is 18.2 Å². The predicted octanol–water partition coefficient (Wildman–Crippen LogP) is 4.75. The molecule has 3 aromatic rings. The third-order valence-electron chi connectivity index (χ3n) is 5.34. The number of carboxylic acids is 1. The number of hydrogen-bond acceptors (Lipinski definition) is 6. The molecule has 0 radical (unpaired) electrons. The Labute approximate surface area is 187 Å². The molecule has 0 unspecified atom stereocenters. The molecule has 0 saturated heterocycles. The Bertz CT molecular complexity index is 1200. The summed E-state index contributed by atoms with van der Waals surface area (Å²) in [5.41, 5.74) is 1.94. The monoisotopic (exact) mass is 457 g/mol. The molecule has 0 spiro atoms. The first-order valence-corrected chi connectivity index (χ1v) is 10.5. The van der Waals surface area contributed by atoms with E-state index < -0.39 is 17.7 Å². The summed E-state index contributed by atoms with van der Waals surface area (Å²) in [6, 6.07) is 9.00. The molecule has 0 aliphatic carbocycles. The number of benzene rings is 2. The van der Waals surface area contributed by atoms with Gasteiger partial charge in [-0.25, -0.2) is 9.18 Å². The number of anilines is 1. The summed E-state index contributed by atoms with van der Waals surface area (Å²) in [5.74, 6) is -1.04. The zero-order valence-corrected chi connectivity index (χ0v) is 18.3. The number of methoxy groups -OCH3 is 3. The van der Waals surface area contributed by atoms with Crippen molar-refractivity contribution in [2.75, 3.05) is 26.6 Å². The van der Waals surface area contributed by atoms with Gasteiger partial charge in [-0.15, -0.1) is 11.3 Å². The molecule has 2 aromatic carbocycles. The normalized spacial score (nSPS) is 15.0. The number of carboxylic acid groups (broad SMARTS) is 1. The summed E-state index contributed by atoms with van der Waals surface area (Å²) in [6.07, 6.45) is 0.0985. The average molecular weight is 457 g/mol. The Morgan fingerprint density at radius 3 is 2.34 bits per heavy atom. The van der Waals surface area contributed by atoms with Gasteiger partial charge in [0, 0.05) is 28.3 Å². The number of nitrogens with one attached hydrogen (secondary N) is 1. The van der Waals surface area contributed by atoms with E-state index in [1.165, 1.54) is 45.6 Å². The second-order valence-electron chi connectivity index (χ2n) is 7.09. The highest BCUT2D eigenvalue weighted by Gasteiger charge is 2.36. The summed E-state index contributed by atoms with van der Waals surface area (Å²) in [7, 11) is 4.49. The predicted molar refractivity (Wildman–Crippen MR) is 118 cm³/mol. The summed E-state index contributed by atoms with van der Waals surface area (Å²) in [6.45, 7) is 0. The minimum Gasteiger partial charge on any atom is -0.493 e. The number of rotatable bonds is 6. The lowest BCUT2D eigenvalue weighted by Gasteiger charge is -2.26. The van der Waals surface area contributed by atoms with Crippen molar-refractivity contribution in [1.82, 2.24) is 0 Å². The van der Waals surface area contributed by atoms with E-state index in [0.29, 0.717) is 44.5 Å². The van der Waals surface area contributed by atoms with Crippen molar-refractivity contribution in [1.29, 1.82) is 0 Å². The molecule has 1 aliphatic rings. The van der Waals surface area contributed by atoms with E-state index >= 15 is 0 Å². The highest BCUT2D eigenvalue weighted by Crippen LogP contribution is 2.53. The van der Waals surface area contributed by atoms with Crippen LogP contribution in [-0.2, 0) is 4.79 Å². The number of amides is 1. The highest BCUT2D eigenvalue weighted by atomic mass is 32.1. The number of fused-ring (bicyclic) bond motifs is 1. The fraction of sp³-hybridized carbons (Fsp3) is 0.217. The molecule has 2 heterocycles. The van der Waals surface area contributed by atoms with Crippen LogP contribution in [0, 0.1) is 5.82 Å². The first-order chi connectivity index (χ1) is 15.4. The number of carbonyl (C=O) groups excluding carboxylic acids is 1. The number of aromatic carboxylic acids is 1. The maximum Gasteiger partial charge on any atom is 0.346 e. The highest BCUT2D eigenvalue weighted by molar-refractivity contribution is 7.15. The summed E-state index contributed by atoms with van der Waals surface area (Å²) in [4.78, 5) is 25.5. The molecule has 1 aliphatic heterocycles. The van der Waals surface area contributed by atoms with Gasteiger partial charge in [0.25, 0.3) is 0 Å². The van der Waals surface area contributed by atoms with Gasteiger partial charge in [-0.3, -0.25) is 4.79 Å². The Morgan fingerprint density at radius 1 is 1.06 bits per heavy atom. The van der Waals surface area contributed by atoms with Gasteiger partial charge in [0.05, 0.1) is 27.0 Å². The van der Waals surface area contributed by atoms with Crippen LogP contribution in [0.15, 0.2) is 36.4 Å². The molecule has 2 N–H and O–H groups in total. The topological polar surface area (TPSA) is 94.1 Å². The van der Waals surface area contributed by atoms with Crippen LogP contribution in [0.1, 0.15) is 32.5 Å². The van der Waals surface area contributed by atoms with Crippen LogP contribution < -0.4 is 19.5 Å². The molecule has 1 aromatic heterocycles. The van der Waals surface area contributed by atoms with E-state index in [9.17, 15) is 19.1 Å². The Kier molecular flexibility index (Phi) is 5.75. The van der Waals surface area contributed by atoms with Crippen LogP contribution in [0.3, 0.4) is 0 Å². The third-order valence-corrected chi connectivity index (χ3v) is 6.63. The van der Waals surface area contributed by atoms with Gasteiger partial charge in [-0.2, -0.15) is 0 Å². The van der Waals surface area contributed by atoms with Crippen molar-refractivity contribution in [3.8, 4) is 28.4 Å². The van der Waals surface area contributed by atoms with E-state index in [0.717, 1.165) is 11.3 Å². The van der Waals surface area contributed by atoms with Crippen LogP contribution in [0.5, 0.6) is 17.2 Å². The van der Waals surface area contributed by atoms with Crippen LogP contribution in [0.4, 0.5) is 10.1 Å². The Morgan fingerprint density at radius 2 is 1.75 bits per heavy atom. The molecule has 166 valence electrons. The molecule has 4 rings (SSSR count). The van der Waals surface area contributed by atoms with Gasteiger partial charge in [-0.05, 0) is 23.8 Å². The number of carbonyl (C=O) groups is 2. The maximum atomic E-state index is 13.5. The summed E-state index contributed by atoms with van der Waals surface area (Å²) >= 11 is 1.08. The van der Waals surface area contributed by atoms with Crippen molar-refractivity contribution in [3.63, 3.8) is 0 Å². The lowest BCUT2D eigenvalue weighted by molar-refractivity contribution is -0.116. The molecular formula is C23H20FNO6S. The van der Waals surface area contributed by atoms with Crippen molar-refractivity contribution in [3.05, 3.63) is 57.5 Å². The van der Waals surface area contributed by atoms with Crippen molar-refractivity contribution in [2.24, 2.45) is 0 Å². The minimum atomic E-state index is -1.13. The quantitative estimate of drug-likeness (QED) is 0.555. The standard InChI is InChI=1S/C23H20FNO6S/c1-29-15-9-8-13(19(30-2)20(15)31-3)14-10-16(26)25-18-17(11-4-6-12(24)7-5-11)22(23(27)28)32-21(14)18/h4-9,14H,10H2,1-3H3,(H,25,26)(H,27,28)/t14-/m1/s1. The zero-order valence-electron chi connectivity index (χ0n) is 17.5. The van der Waals surface area contributed by atoms with Crippen LogP contribution in [-0.4, -0.2) is 38.3 Å². The van der Waals surface area contributed by atoms with E-state index in [1.54, 1.807) is 12.1 Å². The fourth-order valence-electron chi connectivity index (χ4n) is 3.98. The second-order valence-corrected chi connectivity index (χ2v) is 8.14. The van der Waals surface area contributed by atoms with Gasteiger partial charge in [0.2, 0.25) is 11.7 Å². The molecule has 7 nitrogen and oxygen atoms in total. The first-order valence-electron chi connectivity index (χ1n) is 9.64. The average Bonchev–Trinajstić information content (AvgIpc) is 3.17. The summed E-state index contributed by atoms with van der Waals surface area (Å²) < 4.78 is 29.9. The van der Waals surface area contributed by atoms with E-state index in [1.807, 2.05) is 0 Å². The molecular weight excluding hydrogens is 437 g/mol. The third kappa shape index (κ3) is 3.54. The minimum absolute atomic E-state index is 0.0632. The molecule has 1 atom stereocenters. The lowest BCUT2D eigenvalue weighted by atomic mass is 9.87. The van der Waals surface area contributed by atoms with Crippen molar-refractivity contribution in [2.45, 2.75) is 12.3 Å². The van der Waals surface area contributed by atoms with Crippen LogP contribution in [0.2, 0.25) is 0 Å². The Hall–Kier alpha value is -3.59. The second kappa shape index (κ2) is 8.51. The van der Waals surface area contributed by atoms with Gasteiger partial charge >= 0.3 is 5.97 Å². The van der Waals surface area contributed by atoms with E-state index in [2.05, 4.69) is 5.32 Å². The van der Waals surface area contributed by atoms with Crippen LogP contribution >= 0.6 is 11.3 Å². The van der Waals surface area contributed by atoms with E-state index in [4.69, 9.17) is 14.2 Å². The maximum absolute atomic E-state index is 13.5. The van der Waals surface area contributed by atoms with Crippen molar-refractivity contribution >= 4 is 28.9 Å². The van der Waals surface area contributed by atoms with Gasteiger partial charge in [0.1, 0.15) is 10.7 Å².